The summed E-state index contributed by atoms with van der Waals surface area (Å²) in [7, 11) is 6.07. The molecule has 1 saturated carbocycles. The Morgan fingerprint density at radius 3 is 2.38 bits per heavy atom. The molecule has 1 aliphatic rings. The Kier molecular flexibility index (Phi) is 7.10. The van der Waals surface area contributed by atoms with Crippen LogP contribution in [0.15, 0.2) is 29.3 Å². The molecule has 0 bridgehead atoms. The van der Waals surface area contributed by atoms with Gasteiger partial charge in [0, 0.05) is 26.7 Å². The van der Waals surface area contributed by atoms with Crippen molar-refractivity contribution in [2.75, 3.05) is 27.7 Å². The Bertz CT molecular complexity index is 530. The lowest BCUT2D eigenvalue weighted by Crippen LogP contribution is -2.42. The molecule has 4 nitrogen and oxygen atoms in total. The second-order valence-electron chi connectivity index (χ2n) is 7.35. The molecule has 0 saturated heterocycles. The highest BCUT2D eigenvalue weighted by molar-refractivity contribution is 5.79. The third kappa shape index (κ3) is 5.23. The van der Waals surface area contributed by atoms with Crippen LogP contribution in [-0.4, -0.2) is 38.5 Å². The molecular weight excluding hydrogens is 296 g/mol. The normalized spacial score (nSPS) is 17.3. The zero-order chi connectivity index (χ0) is 17.4. The van der Waals surface area contributed by atoms with Gasteiger partial charge in [-0.2, -0.15) is 0 Å². The van der Waals surface area contributed by atoms with E-state index in [1.807, 2.05) is 7.05 Å². The van der Waals surface area contributed by atoms with E-state index in [1.54, 1.807) is 0 Å². The van der Waals surface area contributed by atoms with E-state index in [0.29, 0.717) is 5.41 Å². The second-order valence-corrected chi connectivity index (χ2v) is 7.35. The lowest BCUT2D eigenvalue weighted by atomic mass is 9.83. The Morgan fingerprint density at radius 2 is 1.79 bits per heavy atom. The number of guanidine groups is 1. The van der Waals surface area contributed by atoms with Gasteiger partial charge in [-0.15, -0.1) is 0 Å². The molecule has 0 amide bonds. The Balaban J connectivity index is 1.90. The highest BCUT2D eigenvalue weighted by Crippen LogP contribution is 2.40. The number of rotatable bonds is 7. The molecule has 2 rings (SSSR count). The average molecular weight is 331 g/mol. The van der Waals surface area contributed by atoms with E-state index in [2.05, 4.69) is 65.8 Å². The van der Waals surface area contributed by atoms with Gasteiger partial charge in [0.1, 0.15) is 0 Å². The van der Waals surface area contributed by atoms with E-state index in [9.17, 15) is 0 Å². The number of aliphatic imine (C=N–C) groups is 1. The molecule has 0 atom stereocenters. The van der Waals surface area contributed by atoms with Crippen LogP contribution in [0.25, 0.3) is 0 Å². The SMILES string of the molecule is CCC1(CNC(=NC)NCc2ccccc2CN(C)C)CCCC1. The fraction of sp³-hybridized carbons (Fsp3) is 0.650. The predicted octanol–water partition coefficient (Wildman–Crippen LogP) is 3.38. The lowest BCUT2D eigenvalue weighted by molar-refractivity contribution is 0.283. The van der Waals surface area contributed by atoms with Gasteiger partial charge < -0.3 is 15.5 Å². The van der Waals surface area contributed by atoms with Crippen LogP contribution in [0, 0.1) is 5.41 Å². The predicted molar refractivity (Wildman–Crippen MR) is 103 cm³/mol. The van der Waals surface area contributed by atoms with Gasteiger partial charge in [-0.1, -0.05) is 44.0 Å². The lowest BCUT2D eigenvalue weighted by Gasteiger charge is -2.28. The largest absolute Gasteiger partial charge is 0.356 e. The summed E-state index contributed by atoms with van der Waals surface area (Å²) in [5.74, 6) is 0.911. The summed E-state index contributed by atoms with van der Waals surface area (Å²) in [5, 5.41) is 7.05. The molecule has 1 aliphatic carbocycles. The fourth-order valence-corrected chi connectivity index (χ4v) is 3.68. The van der Waals surface area contributed by atoms with Crippen molar-refractivity contribution >= 4 is 5.96 Å². The number of nitrogens with zero attached hydrogens (tertiary/aromatic N) is 2. The number of hydrogen-bond donors (Lipinski definition) is 2. The van der Waals surface area contributed by atoms with Crippen LogP contribution in [0.2, 0.25) is 0 Å². The Hall–Kier alpha value is -1.55. The van der Waals surface area contributed by atoms with E-state index < -0.39 is 0 Å². The molecule has 1 aromatic carbocycles. The standard InChI is InChI=1S/C20H34N4/c1-5-20(12-8-9-13-20)16-23-19(21-2)22-14-17-10-6-7-11-18(17)15-24(3)4/h6-7,10-11H,5,8-9,12-16H2,1-4H3,(H2,21,22,23). The molecule has 0 unspecified atom stereocenters. The highest BCUT2D eigenvalue weighted by Gasteiger charge is 2.31. The molecule has 1 fully saturated rings. The molecule has 0 radical (unpaired) electrons. The van der Waals surface area contributed by atoms with Crippen molar-refractivity contribution in [2.45, 2.75) is 52.1 Å². The third-order valence-electron chi connectivity index (χ3n) is 5.32. The second kappa shape index (κ2) is 9.07. The van der Waals surface area contributed by atoms with Gasteiger partial charge in [0.05, 0.1) is 0 Å². The molecule has 134 valence electrons. The summed E-state index contributed by atoms with van der Waals surface area (Å²) in [6.07, 6.45) is 6.69. The van der Waals surface area contributed by atoms with E-state index in [4.69, 9.17) is 0 Å². The first-order valence-corrected chi connectivity index (χ1v) is 9.24. The minimum Gasteiger partial charge on any atom is -0.356 e. The minimum absolute atomic E-state index is 0.473. The molecule has 0 spiro atoms. The molecule has 0 heterocycles. The van der Waals surface area contributed by atoms with Crippen LogP contribution in [0.4, 0.5) is 0 Å². The summed E-state index contributed by atoms with van der Waals surface area (Å²) in [6, 6.07) is 8.62. The average Bonchev–Trinajstić information content (AvgIpc) is 3.05. The number of nitrogens with one attached hydrogen (secondary N) is 2. The van der Waals surface area contributed by atoms with Crippen LogP contribution in [0.3, 0.4) is 0 Å². The quantitative estimate of drug-likeness (QED) is 0.595. The van der Waals surface area contributed by atoms with Crippen molar-refractivity contribution in [1.82, 2.24) is 15.5 Å². The smallest absolute Gasteiger partial charge is 0.191 e. The van der Waals surface area contributed by atoms with Crippen molar-refractivity contribution in [2.24, 2.45) is 10.4 Å². The summed E-state index contributed by atoms with van der Waals surface area (Å²) in [4.78, 5) is 6.61. The first-order chi connectivity index (χ1) is 11.6. The third-order valence-corrected chi connectivity index (χ3v) is 5.32. The van der Waals surface area contributed by atoms with Crippen molar-refractivity contribution in [3.8, 4) is 0 Å². The summed E-state index contributed by atoms with van der Waals surface area (Å²) in [5.41, 5.74) is 3.17. The molecule has 0 aromatic heterocycles. The number of benzene rings is 1. The van der Waals surface area contributed by atoms with Crippen LogP contribution < -0.4 is 10.6 Å². The van der Waals surface area contributed by atoms with Gasteiger partial charge in [-0.05, 0) is 49.9 Å². The number of hydrogen-bond acceptors (Lipinski definition) is 2. The van der Waals surface area contributed by atoms with Crippen LogP contribution in [0.5, 0.6) is 0 Å². The van der Waals surface area contributed by atoms with Gasteiger partial charge in [-0.3, -0.25) is 4.99 Å². The maximum Gasteiger partial charge on any atom is 0.191 e. The van der Waals surface area contributed by atoms with E-state index in [1.165, 1.54) is 43.2 Å². The summed E-state index contributed by atoms with van der Waals surface area (Å²) in [6.45, 7) is 5.12. The maximum atomic E-state index is 4.40. The van der Waals surface area contributed by atoms with Gasteiger partial charge in [0.2, 0.25) is 0 Å². The van der Waals surface area contributed by atoms with Crippen molar-refractivity contribution < 1.29 is 0 Å². The van der Waals surface area contributed by atoms with Gasteiger partial charge in [0.15, 0.2) is 5.96 Å². The molecular formula is C20H34N4. The molecule has 4 heteroatoms. The Morgan fingerprint density at radius 1 is 1.12 bits per heavy atom. The highest BCUT2D eigenvalue weighted by atomic mass is 15.2. The van der Waals surface area contributed by atoms with Gasteiger partial charge in [0.25, 0.3) is 0 Å². The topological polar surface area (TPSA) is 39.7 Å². The van der Waals surface area contributed by atoms with E-state index in [-0.39, 0.29) is 0 Å². The van der Waals surface area contributed by atoms with E-state index >= 15 is 0 Å². The van der Waals surface area contributed by atoms with Gasteiger partial charge >= 0.3 is 0 Å². The van der Waals surface area contributed by atoms with E-state index in [0.717, 1.165) is 25.6 Å². The van der Waals surface area contributed by atoms with Gasteiger partial charge in [-0.25, -0.2) is 0 Å². The zero-order valence-electron chi connectivity index (χ0n) is 15.9. The van der Waals surface area contributed by atoms with Crippen molar-refractivity contribution in [3.63, 3.8) is 0 Å². The maximum absolute atomic E-state index is 4.40. The van der Waals surface area contributed by atoms with Crippen molar-refractivity contribution in [3.05, 3.63) is 35.4 Å². The summed E-state index contributed by atoms with van der Waals surface area (Å²) < 4.78 is 0. The molecule has 1 aromatic rings. The van der Waals surface area contributed by atoms with Crippen LogP contribution in [0.1, 0.15) is 50.2 Å². The van der Waals surface area contributed by atoms with Crippen LogP contribution >= 0.6 is 0 Å². The zero-order valence-corrected chi connectivity index (χ0v) is 15.9. The molecule has 0 aliphatic heterocycles. The molecule has 2 N–H and O–H groups in total. The minimum atomic E-state index is 0.473. The summed E-state index contributed by atoms with van der Waals surface area (Å²) >= 11 is 0. The fourth-order valence-electron chi connectivity index (χ4n) is 3.68. The van der Waals surface area contributed by atoms with Crippen LogP contribution in [-0.2, 0) is 13.1 Å². The first-order valence-electron chi connectivity index (χ1n) is 9.24. The monoisotopic (exact) mass is 330 g/mol. The molecule has 24 heavy (non-hydrogen) atoms. The Labute approximate surface area is 147 Å². The van der Waals surface area contributed by atoms with Crippen molar-refractivity contribution in [1.29, 1.82) is 0 Å². The first kappa shape index (κ1) is 18.8.